The Balaban J connectivity index is 2.47. The molecule has 4 nitrogen and oxygen atoms in total. The van der Waals surface area contributed by atoms with Crippen molar-refractivity contribution < 1.29 is 13.0 Å². The van der Waals surface area contributed by atoms with Crippen molar-refractivity contribution in [2.75, 3.05) is 13.1 Å². The van der Waals surface area contributed by atoms with E-state index in [-0.39, 0.29) is 0 Å². The van der Waals surface area contributed by atoms with E-state index in [2.05, 4.69) is 6.92 Å². The summed E-state index contributed by atoms with van der Waals surface area (Å²) < 4.78 is 31.2. The van der Waals surface area contributed by atoms with Crippen molar-refractivity contribution in [2.24, 2.45) is 5.92 Å². The summed E-state index contributed by atoms with van der Waals surface area (Å²) in [6.07, 6.45) is 2.84. The van der Waals surface area contributed by atoms with Gasteiger partial charge in [-0.15, -0.1) is 0 Å². The summed E-state index contributed by atoms with van der Waals surface area (Å²) in [6, 6.07) is 0. The maximum absolute atomic E-state index is 10.7. The summed E-state index contributed by atoms with van der Waals surface area (Å²) in [5.41, 5.74) is 0. The smallest absolute Gasteiger partial charge is 0.273 e. The topological polar surface area (TPSA) is 57.6 Å². The second-order valence-corrected chi connectivity index (χ2v) is 4.64. The molecule has 1 N–H and O–H groups in total. The van der Waals surface area contributed by atoms with E-state index in [1.807, 2.05) is 0 Å². The first-order valence-electron chi connectivity index (χ1n) is 4.26. The van der Waals surface area contributed by atoms with Crippen LogP contribution in [0.1, 0.15) is 26.2 Å². The van der Waals surface area contributed by atoms with Crippen molar-refractivity contribution in [1.29, 1.82) is 0 Å². The van der Waals surface area contributed by atoms with Crippen LogP contribution < -0.4 is 0 Å². The summed E-state index contributed by atoms with van der Waals surface area (Å²) in [5.74, 6) is 0.628. The van der Waals surface area contributed by atoms with Gasteiger partial charge in [0.2, 0.25) is 0 Å². The van der Waals surface area contributed by atoms with Gasteiger partial charge in [-0.1, -0.05) is 13.3 Å². The Kier molecular flexibility index (Phi) is 3.09. The summed E-state index contributed by atoms with van der Waals surface area (Å²) >= 11 is 0. The zero-order valence-electron chi connectivity index (χ0n) is 7.23. The Morgan fingerprint density at radius 2 is 1.92 bits per heavy atom. The Hall–Kier alpha value is -0.130. The molecule has 12 heavy (non-hydrogen) atoms. The minimum atomic E-state index is -3.92. The van der Waals surface area contributed by atoms with Crippen molar-refractivity contribution in [3.8, 4) is 0 Å². The monoisotopic (exact) mass is 193 g/mol. The third-order valence-corrected chi connectivity index (χ3v) is 3.49. The highest BCUT2D eigenvalue weighted by molar-refractivity contribution is 7.83. The van der Waals surface area contributed by atoms with Crippen molar-refractivity contribution in [3.63, 3.8) is 0 Å². The first kappa shape index (κ1) is 9.95. The van der Waals surface area contributed by atoms with Crippen molar-refractivity contribution in [2.45, 2.75) is 26.2 Å². The third-order valence-electron chi connectivity index (χ3n) is 2.48. The SMILES string of the molecule is CCC1CCN(S(=O)(=O)O)CC1. The Morgan fingerprint density at radius 3 is 2.25 bits per heavy atom. The van der Waals surface area contributed by atoms with Crippen LogP contribution in [0.4, 0.5) is 0 Å². The first-order chi connectivity index (χ1) is 5.54. The third kappa shape index (κ3) is 2.43. The molecular formula is C7H15NO3S. The fourth-order valence-electron chi connectivity index (χ4n) is 1.55. The van der Waals surface area contributed by atoms with Gasteiger partial charge in [0, 0.05) is 13.1 Å². The second kappa shape index (κ2) is 3.72. The summed E-state index contributed by atoms with van der Waals surface area (Å²) in [4.78, 5) is 0. The molecular weight excluding hydrogens is 178 g/mol. The standard InChI is InChI=1S/C7H15NO3S/c1-2-7-3-5-8(6-4-7)12(9,10)11/h7H,2-6H2,1H3,(H,9,10,11). The molecule has 1 rings (SSSR count). The van der Waals surface area contributed by atoms with Crippen molar-refractivity contribution in [1.82, 2.24) is 4.31 Å². The molecule has 5 heteroatoms. The average molecular weight is 193 g/mol. The molecule has 0 saturated carbocycles. The molecule has 0 bridgehead atoms. The Labute approximate surface area is 73.4 Å². The number of nitrogens with zero attached hydrogens (tertiary/aromatic N) is 1. The van der Waals surface area contributed by atoms with Gasteiger partial charge in [-0.05, 0) is 18.8 Å². The quantitative estimate of drug-likeness (QED) is 0.663. The van der Waals surface area contributed by atoms with E-state index in [1.54, 1.807) is 0 Å². The van der Waals surface area contributed by atoms with Crippen molar-refractivity contribution in [3.05, 3.63) is 0 Å². The molecule has 1 heterocycles. The van der Waals surface area contributed by atoms with Crippen LogP contribution in [0.15, 0.2) is 0 Å². The lowest BCUT2D eigenvalue weighted by atomic mass is 9.96. The van der Waals surface area contributed by atoms with Gasteiger partial charge in [-0.3, -0.25) is 4.55 Å². The summed E-state index contributed by atoms with van der Waals surface area (Å²) in [6.45, 7) is 3.04. The van der Waals surface area contributed by atoms with Crippen LogP contribution in [-0.4, -0.2) is 30.4 Å². The number of hydrogen-bond donors (Lipinski definition) is 1. The predicted molar refractivity (Wildman–Crippen MR) is 46.1 cm³/mol. The van der Waals surface area contributed by atoms with Crippen LogP contribution in [0, 0.1) is 5.92 Å². The van der Waals surface area contributed by atoms with Crippen LogP contribution in [0.3, 0.4) is 0 Å². The maximum Gasteiger partial charge on any atom is 0.335 e. The molecule has 1 aliphatic rings. The molecule has 0 aromatic rings. The fourth-order valence-corrected chi connectivity index (χ4v) is 2.22. The van der Waals surface area contributed by atoms with E-state index in [1.165, 1.54) is 0 Å². The van der Waals surface area contributed by atoms with Crippen LogP contribution in [0.25, 0.3) is 0 Å². The van der Waals surface area contributed by atoms with Gasteiger partial charge in [-0.2, -0.15) is 12.7 Å². The Morgan fingerprint density at radius 1 is 1.42 bits per heavy atom. The summed E-state index contributed by atoms with van der Waals surface area (Å²) in [7, 11) is -3.92. The minimum Gasteiger partial charge on any atom is -0.273 e. The predicted octanol–water partition coefficient (Wildman–Crippen LogP) is 0.911. The van der Waals surface area contributed by atoms with E-state index in [0.29, 0.717) is 19.0 Å². The molecule has 0 amide bonds. The van der Waals surface area contributed by atoms with Gasteiger partial charge in [0.1, 0.15) is 0 Å². The number of piperidine rings is 1. The molecule has 1 fully saturated rings. The molecule has 0 radical (unpaired) electrons. The molecule has 0 atom stereocenters. The van der Waals surface area contributed by atoms with Gasteiger partial charge >= 0.3 is 10.3 Å². The van der Waals surface area contributed by atoms with E-state index in [4.69, 9.17) is 4.55 Å². The molecule has 0 unspecified atom stereocenters. The van der Waals surface area contributed by atoms with Crippen LogP contribution in [-0.2, 0) is 10.3 Å². The average Bonchev–Trinajstić information content (AvgIpc) is 2.03. The fraction of sp³-hybridized carbons (Fsp3) is 1.00. The Bertz CT molecular complexity index is 229. The van der Waals surface area contributed by atoms with Gasteiger partial charge in [0.05, 0.1) is 0 Å². The molecule has 0 aromatic heterocycles. The molecule has 0 aromatic carbocycles. The van der Waals surface area contributed by atoms with Gasteiger partial charge < -0.3 is 0 Å². The van der Waals surface area contributed by atoms with Crippen molar-refractivity contribution >= 4 is 10.3 Å². The van der Waals surface area contributed by atoms with Crippen LogP contribution in [0.2, 0.25) is 0 Å². The molecule has 1 saturated heterocycles. The molecule has 72 valence electrons. The van der Waals surface area contributed by atoms with E-state index >= 15 is 0 Å². The number of hydrogen-bond acceptors (Lipinski definition) is 2. The second-order valence-electron chi connectivity index (χ2n) is 3.23. The number of rotatable bonds is 2. The van der Waals surface area contributed by atoms with E-state index in [9.17, 15) is 8.42 Å². The lowest BCUT2D eigenvalue weighted by Crippen LogP contribution is -2.37. The zero-order valence-corrected chi connectivity index (χ0v) is 8.05. The zero-order chi connectivity index (χ0) is 9.19. The van der Waals surface area contributed by atoms with Gasteiger partial charge in [-0.25, -0.2) is 0 Å². The molecule has 0 spiro atoms. The first-order valence-corrected chi connectivity index (χ1v) is 5.66. The highest BCUT2D eigenvalue weighted by Gasteiger charge is 2.24. The largest absolute Gasteiger partial charge is 0.335 e. The van der Waals surface area contributed by atoms with E-state index < -0.39 is 10.3 Å². The maximum atomic E-state index is 10.7. The summed E-state index contributed by atoms with van der Waals surface area (Å²) in [5, 5.41) is 0. The lowest BCUT2D eigenvalue weighted by Gasteiger charge is -2.28. The van der Waals surface area contributed by atoms with Gasteiger partial charge in [0.25, 0.3) is 0 Å². The highest BCUT2D eigenvalue weighted by atomic mass is 32.2. The van der Waals surface area contributed by atoms with E-state index in [0.717, 1.165) is 23.6 Å². The van der Waals surface area contributed by atoms with Crippen LogP contribution in [0.5, 0.6) is 0 Å². The molecule has 0 aliphatic carbocycles. The molecule has 1 aliphatic heterocycles. The highest BCUT2D eigenvalue weighted by Crippen LogP contribution is 2.20. The lowest BCUT2D eigenvalue weighted by molar-refractivity contribution is 0.250. The van der Waals surface area contributed by atoms with Gasteiger partial charge in [0.15, 0.2) is 0 Å². The normalized spacial score (nSPS) is 22.8. The van der Waals surface area contributed by atoms with Crippen LogP contribution >= 0.6 is 0 Å². The minimum absolute atomic E-state index is 0.470.